The topological polar surface area (TPSA) is 106 Å². The fraction of sp³-hybridized carbons (Fsp3) is 0.375. The Kier molecular flexibility index (Phi) is 6.81. The van der Waals surface area contributed by atoms with Crippen molar-refractivity contribution in [3.8, 4) is 5.75 Å². The lowest BCUT2D eigenvalue weighted by Gasteiger charge is -2.08. The summed E-state index contributed by atoms with van der Waals surface area (Å²) in [4.78, 5) is 23.1. The van der Waals surface area contributed by atoms with Crippen LogP contribution in [0, 0.1) is 0 Å². The van der Waals surface area contributed by atoms with Gasteiger partial charge in [0, 0.05) is 6.04 Å². The molecule has 0 bridgehead atoms. The summed E-state index contributed by atoms with van der Waals surface area (Å²) in [5.74, 6) is 0.803. The fourth-order valence-corrected chi connectivity index (χ4v) is 2.45. The van der Waals surface area contributed by atoms with E-state index in [-0.39, 0.29) is 17.0 Å². The van der Waals surface area contributed by atoms with Crippen LogP contribution < -0.4 is 15.4 Å². The number of carbonyl (C=O) groups is 2. The molecule has 2 aromatic rings. The van der Waals surface area contributed by atoms with Crippen molar-refractivity contribution < 1.29 is 18.7 Å². The molecule has 0 radical (unpaired) electrons. The third kappa shape index (κ3) is 6.46. The molecule has 2 N–H and O–H groups in total. The van der Waals surface area contributed by atoms with Crippen LogP contribution in [0.15, 0.2) is 33.9 Å². The van der Waals surface area contributed by atoms with E-state index in [1.807, 2.05) is 38.1 Å². The number of methoxy groups -OCH3 is 1. The van der Waals surface area contributed by atoms with Gasteiger partial charge < -0.3 is 14.5 Å². The molecule has 0 unspecified atom stereocenters. The highest BCUT2D eigenvalue weighted by atomic mass is 32.2. The van der Waals surface area contributed by atoms with Gasteiger partial charge in [-0.05, 0) is 31.5 Å². The number of hydrogen-bond acceptors (Lipinski definition) is 7. The van der Waals surface area contributed by atoms with Crippen molar-refractivity contribution in [2.24, 2.45) is 0 Å². The Balaban J connectivity index is 1.80. The van der Waals surface area contributed by atoms with Gasteiger partial charge in [-0.15, -0.1) is 10.2 Å². The molecule has 8 nitrogen and oxygen atoms in total. The summed E-state index contributed by atoms with van der Waals surface area (Å²) in [6.45, 7) is 3.61. The van der Waals surface area contributed by atoms with Crippen LogP contribution in [0.4, 0.5) is 4.79 Å². The van der Waals surface area contributed by atoms with Crippen molar-refractivity contribution in [1.29, 1.82) is 0 Å². The smallest absolute Gasteiger partial charge is 0.321 e. The number of nitrogens with one attached hydrogen (secondary N) is 2. The summed E-state index contributed by atoms with van der Waals surface area (Å²) in [5.41, 5.74) is 1.00. The zero-order valence-corrected chi connectivity index (χ0v) is 15.1. The number of ether oxygens (including phenoxy) is 1. The first-order valence-electron chi connectivity index (χ1n) is 7.64. The first-order chi connectivity index (χ1) is 12.0. The molecule has 0 aliphatic rings. The van der Waals surface area contributed by atoms with Gasteiger partial charge in [0.1, 0.15) is 5.75 Å². The second-order valence-electron chi connectivity index (χ2n) is 5.45. The molecular weight excluding hydrogens is 344 g/mol. The van der Waals surface area contributed by atoms with Gasteiger partial charge in [0.05, 0.1) is 19.3 Å². The van der Waals surface area contributed by atoms with Gasteiger partial charge in [-0.3, -0.25) is 10.1 Å². The molecule has 1 aromatic heterocycles. The number of benzene rings is 1. The molecule has 0 saturated carbocycles. The number of imide groups is 1. The molecule has 134 valence electrons. The standard InChI is InChI=1S/C16H20N4O4S/c1-10(2)17-15(22)18-13(21)9-25-16-20-19-14(24-16)8-11-4-6-12(23-3)7-5-11/h4-7,10H,8-9H2,1-3H3,(H2,17,18,21,22). The molecule has 9 heteroatoms. The van der Waals surface area contributed by atoms with Gasteiger partial charge >= 0.3 is 6.03 Å². The Bertz CT molecular complexity index is 715. The van der Waals surface area contributed by atoms with E-state index in [1.54, 1.807) is 7.11 Å². The molecule has 3 amide bonds. The number of thioether (sulfide) groups is 1. The first kappa shape index (κ1) is 18.8. The molecule has 0 aliphatic carbocycles. The Morgan fingerprint density at radius 1 is 1.24 bits per heavy atom. The van der Waals surface area contributed by atoms with Crippen molar-refractivity contribution in [2.75, 3.05) is 12.9 Å². The van der Waals surface area contributed by atoms with Crippen LogP contribution in [0.5, 0.6) is 5.75 Å². The summed E-state index contributed by atoms with van der Waals surface area (Å²) in [6.07, 6.45) is 0.487. The summed E-state index contributed by atoms with van der Waals surface area (Å²) in [7, 11) is 1.61. The van der Waals surface area contributed by atoms with E-state index in [0.717, 1.165) is 23.1 Å². The van der Waals surface area contributed by atoms with E-state index in [2.05, 4.69) is 20.8 Å². The van der Waals surface area contributed by atoms with Crippen LogP contribution in [0.3, 0.4) is 0 Å². The Morgan fingerprint density at radius 2 is 1.96 bits per heavy atom. The number of carbonyl (C=O) groups excluding carboxylic acids is 2. The van der Waals surface area contributed by atoms with Gasteiger partial charge in [-0.2, -0.15) is 0 Å². The number of urea groups is 1. The minimum absolute atomic E-state index is 0.00961. The third-order valence-corrected chi connectivity index (χ3v) is 3.78. The van der Waals surface area contributed by atoms with E-state index in [0.29, 0.717) is 12.3 Å². The van der Waals surface area contributed by atoms with E-state index in [4.69, 9.17) is 9.15 Å². The molecule has 2 rings (SSSR count). The average Bonchev–Trinajstić information content (AvgIpc) is 3.00. The van der Waals surface area contributed by atoms with E-state index >= 15 is 0 Å². The zero-order chi connectivity index (χ0) is 18.2. The maximum absolute atomic E-state index is 11.7. The van der Waals surface area contributed by atoms with Crippen LogP contribution in [0.25, 0.3) is 0 Å². The largest absolute Gasteiger partial charge is 0.497 e. The van der Waals surface area contributed by atoms with Crippen molar-refractivity contribution in [2.45, 2.75) is 31.5 Å². The average molecular weight is 364 g/mol. The number of amides is 3. The summed E-state index contributed by atoms with van der Waals surface area (Å²) in [6, 6.07) is 6.97. The maximum atomic E-state index is 11.7. The predicted molar refractivity (Wildman–Crippen MR) is 92.6 cm³/mol. The molecule has 25 heavy (non-hydrogen) atoms. The van der Waals surface area contributed by atoms with Crippen LogP contribution >= 0.6 is 11.8 Å². The number of rotatable bonds is 7. The molecule has 0 saturated heterocycles. The van der Waals surface area contributed by atoms with Crippen molar-refractivity contribution in [3.05, 3.63) is 35.7 Å². The van der Waals surface area contributed by atoms with Gasteiger partial charge in [0.25, 0.3) is 5.22 Å². The zero-order valence-electron chi connectivity index (χ0n) is 14.2. The van der Waals surface area contributed by atoms with Crippen molar-refractivity contribution in [1.82, 2.24) is 20.8 Å². The van der Waals surface area contributed by atoms with Crippen LogP contribution in [0.1, 0.15) is 25.3 Å². The number of nitrogens with zero attached hydrogens (tertiary/aromatic N) is 2. The molecule has 1 heterocycles. The third-order valence-electron chi connectivity index (χ3n) is 2.96. The minimum atomic E-state index is -0.522. The van der Waals surface area contributed by atoms with Gasteiger partial charge in [-0.25, -0.2) is 4.79 Å². The van der Waals surface area contributed by atoms with Crippen LogP contribution in [-0.2, 0) is 11.2 Å². The second kappa shape index (κ2) is 9.07. The molecule has 0 fully saturated rings. The molecule has 0 spiro atoms. The Hall–Kier alpha value is -2.55. The monoisotopic (exact) mass is 364 g/mol. The molecule has 0 aliphatic heterocycles. The van der Waals surface area contributed by atoms with Crippen LogP contribution in [-0.4, -0.2) is 41.0 Å². The van der Waals surface area contributed by atoms with Gasteiger partial charge in [0.15, 0.2) is 0 Å². The maximum Gasteiger partial charge on any atom is 0.321 e. The van der Waals surface area contributed by atoms with Crippen LogP contribution in [0.2, 0.25) is 0 Å². The molecule has 0 atom stereocenters. The fourth-order valence-electron chi connectivity index (χ4n) is 1.87. The van der Waals surface area contributed by atoms with Gasteiger partial charge in [-0.1, -0.05) is 23.9 Å². The van der Waals surface area contributed by atoms with Crippen molar-refractivity contribution in [3.63, 3.8) is 0 Å². The lowest BCUT2D eigenvalue weighted by atomic mass is 10.1. The lowest BCUT2D eigenvalue weighted by molar-refractivity contribution is -0.117. The predicted octanol–water partition coefficient (Wildman–Crippen LogP) is 2.00. The summed E-state index contributed by atoms with van der Waals surface area (Å²) in [5, 5.41) is 12.9. The lowest BCUT2D eigenvalue weighted by Crippen LogP contribution is -2.43. The van der Waals surface area contributed by atoms with E-state index < -0.39 is 11.9 Å². The SMILES string of the molecule is COc1ccc(Cc2nnc(SCC(=O)NC(=O)NC(C)C)o2)cc1. The highest BCUT2D eigenvalue weighted by Gasteiger charge is 2.12. The summed E-state index contributed by atoms with van der Waals surface area (Å²) < 4.78 is 10.6. The Morgan fingerprint density at radius 3 is 2.60 bits per heavy atom. The Labute approximate surface area is 149 Å². The van der Waals surface area contributed by atoms with Crippen molar-refractivity contribution >= 4 is 23.7 Å². The number of aromatic nitrogens is 2. The first-order valence-corrected chi connectivity index (χ1v) is 8.63. The van der Waals surface area contributed by atoms with E-state index in [1.165, 1.54) is 0 Å². The quantitative estimate of drug-likeness (QED) is 0.724. The minimum Gasteiger partial charge on any atom is -0.497 e. The normalized spacial score (nSPS) is 10.6. The van der Waals surface area contributed by atoms with Gasteiger partial charge in [0.2, 0.25) is 11.8 Å². The highest BCUT2D eigenvalue weighted by Crippen LogP contribution is 2.18. The molecule has 1 aromatic carbocycles. The molecular formula is C16H20N4O4S. The second-order valence-corrected chi connectivity index (χ2v) is 6.38. The number of hydrogen-bond donors (Lipinski definition) is 2. The highest BCUT2D eigenvalue weighted by molar-refractivity contribution is 7.99. The summed E-state index contributed by atoms with van der Waals surface area (Å²) >= 11 is 1.07. The van der Waals surface area contributed by atoms with E-state index in [9.17, 15) is 9.59 Å².